The molecule has 0 amide bonds. The highest BCUT2D eigenvalue weighted by atomic mass is 16.3. The molecule has 0 atom stereocenters. The number of aromatic nitrogens is 2. The number of rotatable bonds is 4. The van der Waals surface area contributed by atoms with Crippen molar-refractivity contribution >= 4 is 0 Å². The van der Waals surface area contributed by atoms with Gasteiger partial charge in [0.2, 0.25) is 0 Å². The third kappa shape index (κ3) is 2.89. The SMILES string of the molecule is Cc1ccc(CNCc2ccncn2)o1. The first-order valence-electron chi connectivity index (χ1n) is 4.85. The zero-order valence-electron chi connectivity index (χ0n) is 8.60. The second-order valence-electron chi connectivity index (χ2n) is 3.32. The van der Waals surface area contributed by atoms with E-state index in [9.17, 15) is 0 Å². The fourth-order valence-corrected chi connectivity index (χ4v) is 1.32. The molecule has 0 bridgehead atoms. The molecule has 2 rings (SSSR count). The molecule has 0 saturated heterocycles. The Kier molecular flexibility index (Phi) is 3.09. The Morgan fingerprint density at radius 3 is 2.87 bits per heavy atom. The van der Waals surface area contributed by atoms with Crippen LogP contribution in [0.15, 0.2) is 35.1 Å². The molecule has 0 radical (unpaired) electrons. The maximum absolute atomic E-state index is 5.43. The lowest BCUT2D eigenvalue weighted by Gasteiger charge is -2.01. The van der Waals surface area contributed by atoms with Crippen LogP contribution in [-0.4, -0.2) is 9.97 Å². The van der Waals surface area contributed by atoms with E-state index in [2.05, 4.69) is 15.3 Å². The Balaban J connectivity index is 1.80. The quantitative estimate of drug-likeness (QED) is 0.821. The van der Waals surface area contributed by atoms with Crippen LogP contribution >= 0.6 is 0 Å². The predicted molar refractivity (Wildman–Crippen MR) is 56.0 cm³/mol. The summed E-state index contributed by atoms with van der Waals surface area (Å²) < 4.78 is 5.43. The number of aryl methyl sites for hydroxylation is 1. The molecular weight excluding hydrogens is 190 g/mol. The van der Waals surface area contributed by atoms with Gasteiger partial charge in [-0.15, -0.1) is 0 Å². The minimum Gasteiger partial charge on any atom is -0.465 e. The van der Waals surface area contributed by atoms with E-state index >= 15 is 0 Å². The van der Waals surface area contributed by atoms with E-state index in [0.717, 1.165) is 30.3 Å². The summed E-state index contributed by atoms with van der Waals surface area (Å²) in [6.07, 6.45) is 3.29. The van der Waals surface area contributed by atoms with Crippen molar-refractivity contribution < 1.29 is 4.42 Å². The fourth-order valence-electron chi connectivity index (χ4n) is 1.32. The molecule has 2 aromatic heterocycles. The van der Waals surface area contributed by atoms with Crippen LogP contribution in [0.4, 0.5) is 0 Å². The summed E-state index contributed by atoms with van der Waals surface area (Å²) in [7, 11) is 0. The second-order valence-corrected chi connectivity index (χ2v) is 3.32. The van der Waals surface area contributed by atoms with Crippen LogP contribution in [0.3, 0.4) is 0 Å². The van der Waals surface area contributed by atoms with E-state index in [1.165, 1.54) is 0 Å². The van der Waals surface area contributed by atoms with Gasteiger partial charge >= 0.3 is 0 Å². The molecule has 4 heteroatoms. The van der Waals surface area contributed by atoms with Gasteiger partial charge in [0.15, 0.2) is 0 Å². The minimum atomic E-state index is 0.720. The zero-order valence-corrected chi connectivity index (χ0v) is 8.60. The Labute approximate surface area is 88.4 Å². The van der Waals surface area contributed by atoms with Gasteiger partial charge in [-0.25, -0.2) is 9.97 Å². The van der Waals surface area contributed by atoms with Crippen molar-refractivity contribution in [1.82, 2.24) is 15.3 Å². The number of furan rings is 1. The third-order valence-electron chi connectivity index (χ3n) is 2.04. The maximum Gasteiger partial charge on any atom is 0.117 e. The molecule has 0 aliphatic rings. The van der Waals surface area contributed by atoms with Crippen LogP contribution < -0.4 is 5.32 Å². The highest BCUT2D eigenvalue weighted by molar-refractivity contribution is 5.05. The van der Waals surface area contributed by atoms with Crippen molar-refractivity contribution in [2.24, 2.45) is 0 Å². The Morgan fingerprint density at radius 2 is 2.20 bits per heavy atom. The average Bonchev–Trinajstić information content (AvgIpc) is 2.66. The summed E-state index contributed by atoms with van der Waals surface area (Å²) in [5.74, 6) is 1.88. The topological polar surface area (TPSA) is 51.0 Å². The van der Waals surface area contributed by atoms with Gasteiger partial charge in [-0.1, -0.05) is 0 Å². The van der Waals surface area contributed by atoms with Gasteiger partial charge in [0, 0.05) is 12.7 Å². The average molecular weight is 203 g/mol. The molecule has 1 N–H and O–H groups in total. The number of nitrogens with zero attached hydrogens (tertiary/aromatic N) is 2. The molecule has 0 saturated carbocycles. The normalized spacial score (nSPS) is 10.5. The maximum atomic E-state index is 5.43. The Morgan fingerprint density at radius 1 is 1.27 bits per heavy atom. The summed E-state index contributed by atoms with van der Waals surface area (Å²) in [5, 5.41) is 3.25. The molecule has 78 valence electrons. The summed E-state index contributed by atoms with van der Waals surface area (Å²) in [6, 6.07) is 5.82. The van der Waals surface area contributed by atoms with E-state index in [1.54, 1.807) is 12.5 Å². The monoisotopic (exact) mass is 203 g/mol. The van der Waals surface area contributed by atoms with Crippen molar-refractivity contribution in [2.45, 2.75) is 20.0 Å². The smallest absolute Gasteiger partial charge is 0.117 e. The molecule has 2 heterocycles. The van der Waals surface area contributed by atoms with Crippen LogP contribution in [0.1, 0.15) is 17.2 Å². The molecule has 0 fully saturated rings. The van der Waals surface area contributed by atoms with Gasteiger partial charge in [0.25, 0.3) is 0 Å². The van der Waals surface area contributed by atoms with Gasteiger partial charge in [-0.2, -0.15) is 0 Å². The molecule has 0 aliphatic carbocycles. The first-order chi connectivity index (χ1) is 7.34. The van der Waals surface area contributed by atoms with Gasteiger partial charge in [-0.05, 0) is 25.1 Å². The van der Waals surface area contributed by atoms with Crippen LogP contribution in [0.25, 0.3) is 0 Å². The molecule has 4 nitrogen and oxygen atoms in total. The number of hydrogen-bond donors (Lipinski definition) is 1. The Bertz CT molecular complexity index is 411. The predicted octanol–water partition coefficient (Wildman–Crippen LogP) is 1.67. The van der Waals surface area contributed by atoms with E-state index < -0.39 is 0 Å². The van der Waals surface area contributed by atoms with E-state index in [1.807, 2.05) is 25.1 Å². The fraction of sp³-hybridized carbons (Fsp3) is 0.273. The Hall–Kier alpha value is -1.68. The van der Waals surface area contributed by atoms with E-state index in [4.69, 9.17) is 4.42 Å². The minimum absolute atomic E-state index is 0.720. The van der Waals surface area contributed by atoms with Crippen molar-refractivity contribution in [1.29, 1.82) is 0 Å². The largest absolute Gasteiger partial charge is 0.465 e. The lowest BCUT2D eigenvalue weighted by molar-refractivity contribution is 0.461. The highest BCUT2D eigenvalue weighted by Crippen LogP contribution is 2.05. The first-order valence-corrected chi connectivity index (χ1v) is 4.85. The lowest BCUT2D eigenvalue weighted by Crippen LogP contribution is -2.13. The van der Waals surface area contributed by atoms with Crippen LogP contribution in [-0.2, 0) is 13.1 Å². The zero-order chi connectivity index (χ0) is 10.5. The van der Waals surface area contributed by atoms with Crippen molar-refractivity contribution in [3.63, 3.8) is 0 Å². The van der Waals surface area contributed by atoms with Gasteiger partial charge < -0.3 is 9.73 Å². The number of hydrogen-bond acceptors (Lipinski definition) is 4. The summed E-state index contributed by atoms with van der Waals surface area (Å²) in [4.78, 5) is 7.97. The second kappa shape index (κ2) is 4.70. The molecule has 2 aromatic rings. The van der Waals surface area contributed by atoms with Crippen molar-refractivity contribution in [3.8, 4) is 0 Å². The molecular formula is C11H13N3O. The molecule has 0 aliphatic heterocycles. The first kappa shape index (κ1) is 9.86. The van der Waals surface area contributed by atoms with Gasteiger partial charge in [0.05, 0.1) is 12.2 Å². The van der Waals surface area contributed by atoms with Crippen LogP contribution in [0.2, 0.25) is 0 Å². The van der Waals surface area contributed by atoms with Gasteiger partial charge in [-0.3, -0.25) is 0 Å². The molecule has 0 spiro atoms. The van der Waals surface area contributed by atoms with Crippen molar-refractivity contribution in [2.75, 3.05) is 0 Å². The van der Waals surface area contributed by atoms with E-state index in [0.29, 0.717) is 0 Å². The van der Waals surface area contributed by atoms with Gasteiger partial charge in [0.1, 0.15) is 17.8 Å². The summed E-state index contributed by atoms with van der Waals surface area (Å²) >= 11 is 0. The van der Waals surface area contributed by atoms with Crippen molar-refractivity contribution in [3.05, 3.63) is 47.9 Å². The standard InChI is InChI=1S/C11H13N3O/c1-9-2-3-11(15-9)7-13-6-10-4-5-12-8-14-10/h2-5,8,13H,6-7H2,1H3. The molecule has 0 unspecified atom stereocenters. The van der Waals surface area contributed by atoms with Crippen LogP contribution in [0.5, 0.6) is 0 Å². The highest BCUT2D eigenvalue weighted by Gasteiger charge is 1.98. The number of nitrogens with one attached hydrogen (secondary N) is 1. The summed E-state index contributed by atoms with van der Waals surface area (Å²) in [5.41, 5.74) is 0.980. The molecule has 0 aromatic carbocycles. The van der Waals surface area contributed by atoms with E-state index in [-0.39, 0.29) is 0 Å². The third-order valence-corrected chi connectivity index (χ3v) is 2.04. The lowest BCUT2D eigenvalue weighted by atomic mass is 10.4. The molecule has 15 heavy (non-hydrogen) atoms. The summed E-state index contributed by atoms with van der Waals surface area (Å²) in [6.45, 7) is 3.38. The van der Waals surface area contributed by atoms with Crippen LogP contribution in [0, 0.1) is 6.92 Å².